The highest BCUT2D eigenvalue weighted by atomic mass is 15.3. The van der Waals surface area contributed by atoms with E-state index >= 15 is 0 Å². The minimum Gasteiger partial charge on any atom is -0.310 e. The Morgan fingerprint density at radius 2 is 1.94 bits per heavy atom. The van der Waals surface area contributed by atoms with Crippen molar-refractivity contribution in [1.82, 2.24) is 15.1 Å². The van der Waals surface area contributed by atoms with Crippen LogP contribution in [0.1, 0.15) is 33.1 Å². The van der Waals surface area contributed by atoms with Gasteiger partial charge in [0.05, 0.1) is 0 Å². The second kappa shape index (κ2) is 5.48. The van der Waals surface area contributed by atoms with Gasteiger partial charge in [0.15, 0.2) is 0 Å². The van der Waals surface area contributed by atoms with Crippen molar-refractivity contribution in [2.24, 2.45) is 0 Å². The van der Waals surface area contributed by atoms with Gasteiger partial charge in [0.2, 0.25) is 0 Å². The van der Waals surface area contributed by atoms with Crippen molar-refractivity contribution in [2.75, 3.05) is 33.2 Å². The minimum atomic E-state index is 0.624. The third-order valence-electron chi connectivity index (χ3n) is 3.90. The van der Waals surface area contributed by atoms with Crippen molar-refractivity contribution >= 4 is 0 Å². The maximum absolute atomic E-state index is 3.67. The van der Waals surface area contributed by atoms with Gasteiger partial charge in [-0.05, 0) is 32.9 Å². The molecule has 2 aliphatic rings. The molecule has 94 valence electrons. The molecule has 2 saturated heterocycles. The lowest BCUT2D eigenvalue weighted by molar-refractivity contribution is 0.131. The highest BCUT2D eigenvalue weighted by molar-refractivity contribution is 4.88. The molecule has 0 spiro atoms. The van der Waals surface area contributed by atoms with E-state index in [2.05, 4.69) is 36.0 Å². The molecule has 2 atom stereocenters. The van der Waals surface area contributed by atoms with Gasteiger partial charge in [-0.15, -0.1) is 0 Å². The molecule has 0 aliphatic carbocycles. The molecule has 0 aromatic rings. The van der Waals surface area contributed by atoms with Crippen LogP contribution in [0.4, 0.5) is 0 Å². The van der Waals surface area contributed by atoms with E-state index in [1.807, 2.05) is 0 Å². The van der Waals surface area contributed by atoms with Gasteiger partial charge in [-0.3, -0.25) is 4.90 Å². The Hall–Kier alpha value is -0.120. The fourth-order valence-electron chi connectivity index (χ4n) is 3.16. The predicted molar refractivity (Wildman–Crippen MR) is 68.8 cm³/mol. The Bertz CT molecular complexity index is 217. The van der Waals surface area contributed by atoms with Crippen molar-refractivity contribution in [1.29, 1.82) is 0 Å². The topological polar surface area (TPSA) is 18.5 Å². The van der Waals surface area contributed by atoms with Crippen LogP contribution < -0.4 is 5.32 Å². The molecule has 0 aromatic heterocycles. The molecule has 3 heteroatoms. The number of nitrogens with one attached hydrogen (secondary N) is 1. The summed E-state index contributed by atoms with van der Waals surface area (Å²) in [5, 5.41) is 3.67. The largest absolute Gasteiger partial charge is 0.310 e. The number of hydrogen-bond donors (Lipinski definition) is 1. The molecule has 0 bridgehead atoms. The van der Waals surface area contributed by atoms with Crippen molar-refractivity contribution in [3.63, 3.8) is 0 Å². The summed E-state index contributed by atoms with van der Waals surface area (Å²) in [5.74, 6) is 0. The fourth-order valence-corrected chi connectivity index (χ4v) is 3.16. The van der Waals surface area contributed by atoms with E-state index in [4.69, 9.17) is 0 Å². The zero-order valence-corrected chi connectivity index (χ0v) is 11.1. The minimum absolute atomic E-state index is 0.624. The van der Waals surface area contributed by atoms with Gasteiger partial charge in [-0.1, -0.05) is 13.8 Å². The van der Waals surface area contributed by atoms with Crippen LogP contribution in [0.3, 0.4) is 0 Å². The smallest absolute Gasteiger partial charge is 0.0224 e. The second-order valence-corrected chi connectivity index (χ2v) is 5.86. The normalized spacial score (nSPS) is 33.8. The number of nitrogens with zero attached hydrogens (tertiary/aromatic N) is 2. The molecule has 2 rings (SSSR count). The quantitative estimate of drug-likeness (QED) is 0.777. The molecule has 0 aromatic carbocycles. The molecule has 0 amide bonds. The summed E-state index contributed by atoms with van der Waals surface area (Å²) in [6, 6.07) is 2.17. The lowest BCUT2D eigenvalue weighted by Gasteiger charge is -2.36. The maximum Gasteiger partial charge on any atom is 0.0224 e. The van der Waals surface area contributed by atoms with E-state index in [1.54, 1.807) is 0 Å². The van der Waals surface area contributed by atoms with E-state index in [-0.39, 0.29) is 0 Å². The average molecular weight is 225 g/mol. The zero-order valence-electron chi connectivity index (χ0n) is 11.1. The van der Waals surface area contributed by atoms with E-state index in [0.717, 1.165) is 12.1 Å². The van der Waals surface area contributed by atoms with E-state index in [1.165, 1.54) is 45.4 Å². The summed E-state index contributed by atoms with van der Waals surface area (Å²) < 4.78 is 0. The molecule has 2 aliphatic heterocycles. The van der Waals surface area contributed by atoms with E-state index in [0.29, 0.717) is 6.04 Å². The Kier molecular flexibility index (Phi) is 4.22. The standard InChI is InChI=1S/C13H27N3/c1-11(2)14-12-6-8-16(9-12)13-5-4-7-15(3)10-13/h11-14H,4-10H2,1-3H3. The van der Waals surface area contributed by atoms with Gasteiger partial charge < -0.3 is 10.2 Å². The monoisotopic (exact) mass is 225 g/mol. The molecule has 0 radical (unpaired) electrons. The van der Waals surface area contributed by atoms with Gasteiger partial charge in [-0.2, -0.15) is 0 Å². The first-order valence-electron chi connectivity index (χ1n) is 6.84. The first kappa shape index (κ1) is 12.3. The van der Waals surface area contributed by atoms with Crippen molar-refractivity contribution in [3.05, 3.63) is 0 Å². The number of rotatable bonds is 3. The highest BCUT2D eigenvalue weighted by Gasteiger charge is 2.30. The lowest BCUT2D eigenvalue weighted by Crippen LogP contribution is -2.47. The predicted octanol–water partition coefficient (Wildman–Crippen LogP) is 1.15. The Balaban J connectivity index is 1.79. The molecule has 2 fully saturated rings. The van der Waals surface area contributed by atoms with Crippen molar-refractivity contribution < 1.29 is 0 Å². The summed E-state index contributed by atoms with van der Waals surface area (Å²) >= 11 is 0. The van der Waals surface area contributed by atoms with Crippen LogP contribution >= 0.6 is 0 Å². The summed E-state index contributed by atoms with van der Waals surface area (Å²) in [6.07, 6.45) is 4.11. The molecular weight excluding hydrogens is 198 g/mol. The number of likely N-dealkylation sites (tertiary alicyclic amines) is 2. The summed E-state index contributed by atoms with van der Waals surface area (Å²) in [5.41, 5.74) is 0. The fraction of sp³-hybridized carbons (Fsp3) is 1.00. The molecule has 16 heavy (non-hydrogen) atoms. The molecule has 2 heterocycles. The van der Waals surface area contributed by atoms with Crippen LogP contribution in [0, 0.1) is 0 Å². The molecule has 0 saturated carbocycles. The number of piperidine rings is 1. The zero-order chi connectivity index (χ0) is 11.5. The highest BCUT2D eigenvalue weighted by Crippen LogP contribution is 2.20. The van der Waals surface area contributed by atoms with Crippen LogP contribution in [-0.4, -0.2) is 61.2 Å². The molecule has 2 unspecified atom stereocenters. The Labute approximate surface area is 100 Å². The van der Waals surface area contributed by atoms with Crippen LogP contribution in [0.5, 0.6) is 0 Å². The third kappa shape index (κ3) is 3.19. The van der Waals surface area contributed by atoms with Crippen LogP contribution in [0.2, 0.25) is 0 Å². The molecule has 1 N–H and O–H groups in total. The third-order valence-corrected chi connectivity index (χ3v) is 3.90. The molecule has 3 nitrogen and oxygen atoms in total. The van der Waals surface area contributed by atoms with E-state index < -0.39 is 0 Å². The van der Waals surface area contributed by atoms with E-state index in [9.17, 15) is 0 Å². The van der Waals surface area contributed by atoms with Gasteiger partial charge in [0.1, 0.15) is 0 Å². The maximum atomic E-state index is 3.67. The second-order valence-electron chi connectivity index (χ2n) is 5.86. The van der Waals surface area contributed by atoms with Gasteiger partial charge in [-0.25, -0.2) is 0 Å². The Morgan fingerprint density at radius 3 is 2.62 bits per heavy atom. The SMILES string of the molecule is CC(C)NC1CCN(C2CCCN(C)C2)C1. The van der Waals surface area contributed by atoms with Gasteiger partial charge in [0.25, 0.3) is 0 Å². The first-order valence-corrected chi connectivity index (χ1v) is 6.84. The Morgan fingerprint density at radius 1 is 1.12 bits per heavy atom. The molecular formula is C13H27N3. The lowest BCUT2D eigenvalue weighted by atomic mass is 10.1. The number of hydrogen-bond acceptors (Lipinski definition) is 3. The van der Waals surface area contributed by atoms with Crippen LogP contribution in [0.15, 0.2) is 0 Å². The number of likely N-dealkylation sites (N-methyl/N-ethyl adjacent to an activating group) is 1. The summed E-state index contributed by atoms with van der Waals surface area (Å²) in [7, 11) is 2.26. The van der Waals surface area contributed by atoms with Gasteiger partial charge in [0, 0.05) is 37.8 Å². The summed E-state index contributed by atoms with van der Waals surface area (Å²) in [6.45, 7) is 9.61. The van der Waals surface area contributed by atoms with Crippen LogP contribution in [0.25, 0.3) is 0 Å². The van der Waals surface area contributed by atoms with Crippen LogP contribution in [-0.2, 0) is 0 Å². The first-order chi connectivity index (χ1) is 7.65. The average Bonchev–Trinajstić information content (AvgIpc) is 2.65. The van der Waals surface area contributed by atoms with Gasteiger partial charge >= 0.3 is 0 Å². The van der Waals surface area contributed by atoms with Crippen molar-refractivity contribution in [2.45, 2.75) is 51.2 Å². The summed E-state index contributed by atoms with van der Waals surface area (Å²) in [4.78, 5) is 5.19. The van der Waals surface area contributed by atoms with Crippen molar-refractivity contribution in [3.8, 4) is 0 Å².